The predicted octanol–water partition coefficient (Wildman–Crippen LogP) is 3.67. The zero-order valence-corrected chi connectivity index (χ0v) is 9.66. The second kappa shape index (κ2) is 3.68. The zero-order chi connectivity index (χ0) is 11.0. The number of fused-ring (bicyclic) bond motifs is 1. The van der Waals surface area contributed by atoms with Crippen LogP contribution >= 0.6 is 11.3 Å². The normalized spacial score (nSPS) is 10.8. The number of hydrogen-bond acceptors (Lipinski definition) is 3. The van der Waals surface area contributed by atoms with Gasteiger partial charge in [-0.3, -0.25) is 4.98 Å². The van der Waals surface area contributed by atoms with Crippen LogP contribution in [0.2, 0.25) is 0 Å². The first-order valence-corrected chi connectivity index (χ1v) is 5.94. The average molecular weight is 226 g/mol. The molecule has 0 N–H and O–H groups in total. The Bertz CT molecular complexity index is 629. The molecular weight excluding hydrogens is 216 g/mol. The average Bonchev–Trinajstić information content (AvgIpc) is 2.76. The third-order valence-electron chi connectivity index (χ3n) is 2.50. The zero-order valence-electron chi connectivity index (χ0n) is 8.84. The highest BCUT2D eigenvalue weighted by atomic mass is 32.1. The van der Waals surface area contributed by atoms with Crippen molar-refractivity contribution in [1.82, 2.24) is 9.97 Å². The molecule has 0 radical (unpaired) electrons. The van der Waals surface area contributed by atoms with E-state index in [2.05, 4.69) is 35.1 Å². The van der Waals surface area contributed by atoms with Crippen molar-refractivity contribution in [1.29, 1.82) is 0 Å². The summed E-state index contributed by atoms with van der Waals surface area (Å²) in [5, 5.41) is 0.991. The summed E-state index contributed by atoms with van der Waals surface area (Å²) in [5.41, 5.74) is 3.26. The van der Waals surface area contributed by atoms with Crippen LogP contribution in [0.15, 0.2) is 42.6 Å². The smallest absolute Gasteiger partial charge is 0.143 e. The molecule has 1 aromatic carbocycles. The Morgan fingerprint density at radius 3 is 2.75 bits per heavy atom. The minimum atomic E-state index is 0.947. The molecule has 78 valence electrons. The molecule has 0 saturated carbocycles. The van der Waals surface area contributed by atoms with Crippen molar-refractivity contribution in [2.75, 3.05) is 0 Å². The molecular formula is C13H10N2S. The topological polar surface area (TPSA) is 25.8 Å². The molecule has 0 saturated heterocycles. The van der Waals surface area contributed by atoms with E-state index in [4.69, 9.17) is 0 Å². The van der Waals surface area contributed by atoms with Gasteiger partial charge in [0.25, 0.3) is 0 Å². The summed E-state index contributed by atoms with van der Waals surface area (Å²) >= 11 is 1.69. The van der Waals surface area contributed by atoms with Gasteiger partial charge in [-0.25, -0.2) is 4.98 Å². The number of thiazole rings is 1. The fourth-order valence-electron chi connectivity index (χ4n) is 1.69. The Hall–Kier alpha value is -1.74. The van der Waals surface area contributed by atoms with E-state index < -0.39 is 0 Å². The Morgan fingerprint density at radius 1 is 1.06 bits per heavy atom. The van der Waals surface area contributed by atoms with Gasteiger partial charge in [0.1, 0.15) is 5.01 Å². The molecule has 2 nitrogen and oxygen atoms in total. The van der Waals surface area contributed by atoms with Gasteiger partial charge in [0.2, 0.25) is 0 Å². The SMILES string of the molecule is Cc1cccc2sc(-c3ccccn3)nc12. The third kappa shape index (κ3) is 1.49. The lowest BCUT2D eigenvalue weighted by Crippen LogP contribution is -1.80. The van der Waals surface area contributed by atoms with Crippen molar-refractivity contribution in [3.8, 4) is 10.7 Å². The van der Waals surface area contributed by atoms with Gasteiger partial charge in [-0.15, -0.1) is 11.3 Å². The first kappa shape index (κ1) is 9.48. The summed E-state index contributed by atoms with van der Waals surface area (Å²) in [4.78, 5) is 8.96. The van der Waals surface area contributed by atoms with Crippen molar-refractivity contribution >= 4 is 21.6 Å². The van der Waals surface area contributed by atoms with Gasteiger partial charge in [0.15, 0.2) is 0 Å². The van der Waals surface area contributed by atoms with E-state index in [0.717, 1.165) is 16.2 Å². The minimum absolute atomic E-state index is 0.947. The Morgan fingerprint density at radius 2 is 2.00 bits per heavy atom. The highest BCUT2D eigenvalue weighted by Crippen LogP contribution is 2.30. The molecule has 0 aliphatic carbocycles. The maximum absolute atomic E-state index is 4.64. The van der Waals surface area contributed by atoms with Crippen LogP contribution in [0.25, 0.3) is 20.9 Å². The van der Waals surface area contributed by atoms with Crippen molar-refractivity contribution in [3.05, 3.63) is 48.2 Å². The number of benzene rings is 1. The molecule has 2 aromatic heterocycles. The van der Waals surface area contributed by atoms with Crippen LogP contribution in [0.3, 0.4) is 0 Å². The number of aryl methyl sites for hydroxylation is 1. The van der Waals surface area contributed by atoms with Crippen molar-refractivity contribution in [2.24, 2.45) is 0 Å². The molecule has 0 fully saturated rings. The molecule has 0 unspecified atom stereocenters. The Labute approximate surface area is 97.6 Å². The Kier molecular flexibility index (Phi) is 2.18. The Balaban J connectivity index is 2.23. The van der Waals surface area contributed by atoms with E-state index in [1.54, 1.807) is 17.5 Å². The number of rotatable bonds is 1. The summed E-state index contributed by atoms with van der Waals surface area (Å²) < 4.78 is 1.22. The number of nitrogens with zero attached hydrogens (tertiary/aromatic N) is 2. The second-order valence-corrected chi connectivity index (χ2v) is 4.69. The van der Waals surface area contributed by atoms with Crippen molar-refractivity contribution in [3.63, 3.8) is 0 Å². The van der Waals surface area contributed by atoms with Gasteiger partial charge < -0.3 is 0 Å². The number of para-hydroxylation sites is 1. The quantitative estimate of drug-likeness (QED) is 0.632. The highest BCUT2D eigenvalue weighted by Gasteiger charge is 2.07. The lowest BCUT2D eigenvalue weighted by molar-refractivity contribution is 1.30. The van der Waals surface area contributed by atoms with Crippen LogP contribution in [-0.2, 0) is 0 Å². The van der Waals surface area contributed by atoms with Gasteiger partial charge in [0.05, 0.1) is 15.9 Å². The molecule has 0 bridgehead atoms. The van der Waals surface area contributed by atoms with E-state index in [1.165, 1.54) is 10.3 Å². The molecule has 2 heterocycles. The van der Waals surface area contributed by atoms with Crippen LogP contribution in [-0.4, -0.2) is 9.97 Å². The molecule has 0 amide bonds. The van der Waals surface area contributed by atoms with Crippen molar-refractivity contribution in [2.45, 2.75) is 6.92 Å². The van der Waals surface area contributed by atoms with E-state index in [1.807, 2.05) is 18.2 Å². The number of hydrogen-bond donors (Lipinski definition) is 0. The first-order valence-electron chi connectivity index (χ1n) is 5.12. The second-order valence-electron chi connectivity index (χ2n) is 3.66. The van der Waals surface area contributed by atoms with Crippen LogP contribution in [0.4, 0.5) is 0 Å². The van der Waals surface area contributed by atoms with E-state index in [0.29, 0.717) is 0 Å². The predicted molar refractivity (Wildman–Crippen MR) is 67.6 cm³/mol. The summed E-state index contributed by atoms with van der Waals surface area (Å²) in [6.45, 7) is 2.09. The summed E-state index contributed by atoms with van der Waals surface area (Å²) in [6.07, 6.45) is 1.80. The summed E-state index contributed by atoms with van der Waals surface area (Å²) in [6, 6.07) is 12.2. The maximum atomic E-state index is 4.64. The maximum Gasteiger partial charge on any atom is 0.143 e. The van der Waals surface area contributed by atoms with Crippen molar-refractivity contribution < 1.29 is 0 Å². The monoisotopic (exact) mass is 226 g/mol. The van der Waals surface area contributed by atoms with Gasteiger partial charge in [-0.05, 0) is 30.7 Å². The van der Waals surface area contributed by atoms with Gasteiger partial charge in [0, 0.05) is 6.20 Å². The van der Waals surface area contributed by atoms with Gasteiger partial charge in [-0.1, -0.05) is 18.2 Å². The van der Waals surface area contributed by atoms with Gasteiger partial charge >= 0.3 is 0 Å². The molecule has 0 aliphatic rings. The molecule has 3 aromatic rings. The fraction of sp³-hybridized carbons (Fsp3) is 0.0769. The molecule has 0 aliphatic heterocycles. The number of pyridine rings is 1. The van der Waals surface area contributed by atoms with E-state index in [9.17, 15) is 0 Å². The standard InChI is InChI=1S/C13H10N2S/c1-9-5-4-7-11-12(9)15-13(16-11)10-6-2-3-8-14-10/h2-8H,1H3. The van der Waals surface area contributed by atoms with Gasteiger partial charge in [-0.2, -0.15) is 0 Å². The van der Waals surface area contributed by atoms with Crippen LogP contribution < -0.4 is 0 Å². The van der Waals surface area contributed by atoms with E-state index in [-0.39, 0.29) is 0 Å². The first-order chi connectivity index (χ1) is 7.84. The highest BCUT2D eigenvalue weighted by molar-refractivity contribution is 7.21. The minimum Gasteiger partial charge on any atom is -0.254 e. The number of aromatic nitrogens is 2. The lowest BCUT2D eigenvalue weighted by Gasteiger charge is -1.92. The molecule has 0 spiro atoms. The molecule has 3 heteroatoms. The van der Waals surface area contributed by atoms with Crippen LogP contribution in [0.1, 0.15) is 5.56 Å². The largest absolute Gasteiger partial charge is 0.254 e. The molecule has 0 atom stereocenters. The van der Waals surface area contributed by atoms with E-state index >= 15 is 0 Å². The molecule has 3 rings (SSSR count). The molecule has 16 heavy (non-hydrogen) atoms. The lowest BCUT2D eigenvalue weighted by atomic mass is 10.2. The summed E-state index contributed by atoms with van der Waals surface area (Å²) in [7, 11) is 0. The van der Waals surface area contributed by atoms with Crippen LogP contribution in [0, 0.1) is 6.92 Å². The summed E-state index contributed by atoms with van der Waals surface area (Å²) in [5.74, 6) is 0. The third-order valence-corrected chi connectivity index (χ3v) is 3.55. The van der Waals surface area contributed by atoms with Crippen LogP contribution in [0.5, 0.6) is 0 Å². The fourth-order valence-corrected chi connectivity index (χ4v) is 2.71.